The molecule has 1 saturated heterocycles. The fourth-order valence-electron chi connectivity index (χ4n) is 8.46. The number of amidine groups is 1. The van der Waals surface area contributed by atoms with Crippen LogP contribution in [0, 0.1) is 0 Å². The SMILES string of the molecule is C=CCNC(=O)C(=C/N=C)/C(=N\CNc1ccc(N2CCN(CCCCCCO/C(=C/C)C3=C(CC)C(=O)N(C(CCC=O)C(=O)NC)C3)CC2)cc1)Nc1ccc2c(n1)C(OC)CC2. The summed E-state index contributed by atoms with van der Waals surface area (Å²) in [6.45, 7) is 17.4. The summed E-state index contributed by atoms with van der Waals surface area (Å²) in [4.78, 5) is 70.1. The molecule has 3 heterocycles. The van der Waals surface area contributed by atoms with Gasteiger partial charge in [0, 0.05) is 82.0 Å². The lowest BCUT2D eigenvalue weighted by Gasteiger charge is -2.36. The maximum absolute atomic E-state index is 13.3. The van der Waals surface area contributed by atoms with Crippen molar-refractivity contribution in [2.24, 2.45) is 9.98 Å². The van der Waals surface area contributed by atoms with Gasteiger partial charge >= 0.3 is 0 Å². The van der Waals surface area contributed by atoms with E-state index in [1.165, 1.54) is 11.9 Å². The Kier molecular flexibility index (Phi) is 19.9. The second-order valence-corrected chi connectivity index (χ2v) is 16.1. The van der Waals surface area contributed by atoms with Gasteiger partial charge < -0.3 is 45.3 Å². The number of carbonyl (C=O) groups is 4. The lowest BCUT2D eigenvalue weighted by molar-refractivity contribution is -0.136. The summed E-state index contributed by atoms with van der Waals surface area (Å²) >= 11 is 0. The number of pyridine rings is 1. The van der Waals surface area contributed by atoms with Crippen LogP contribution in [-0.4, -0.2) is 131 Å². The second-order valence-electron chi connectivity index (χ2n) is 16.1. The van der Waals surface area contributed by atoms with Gasteiger partial charge in [0.05, 0.1) is 30.5 Å². The number of carbonyl (C=O) groups excluding carboxylic acids is 4. The summed E-state index contributed by atoms with van der Waals surface area (Å²) in [5.74, 6) is 0.738. The van der Waals surface area contributed by atoms with E-state index < -0.39 is 6.04 Å². The minimum absolute atomic E-state index is 0.0743. The van der Waals surface area contributed by atoms with Gasteiger partial charge in [-0.3, -0.25) is 24.3 Å². The van der Waals surface area contributed by atoms with E-state index in [0.717, 1.165) is 100 Å². The quantitative estimate of drug-likeness (QED) is 0.0172. The zero-order chi connectivity index (χ0) is 46.6. The average molecular weight is 893 g/mol. The van der Waals surface area contributed by atoms with Gasteiger partial charge in [-0.2, -0.15) is 0 Å². The van der Waals surface area contributed by atoms with Crippen molar-refractivity contribution in [2.75, 3.05) is 88.8 Å². The molecule has 0 radical (unpaired) electrons. The number of methoxy groups -OCH3 is 1. The van der Waals surface area contributed by atoms with E-state index in [-0.39, 0.29) is 55.5 Å². The zero-order valence-electron chi connectivity index (χ0n) is 38.7. The average Bonchev–Trinajstić information content (AvgIpc) is 3.90. The fourth-order valence-corrected chi connectivity index (χ4v) is 8.46. The Hall–Kier alpha value is -6.13. The van der Waals surface area contributed by atoms with Crippen LogP contribution in [0.2, 0.25) is 0 Å². The highest BCUT2D eigenvalue weighted by Gasteiger charge is 2.38. The van der Waals surface area contributed by atoms with Gasteiger partial charge in [-0.25, -0.2) is 9.98 Å². The molecule has 16 nitrogen and oxygen atoms in total. The number of aliphatic imine (C=N–C) groups is 2. The van der Waals surface area contributed by atoms with E-state index in [4.69, 9.17) is 19.5 Å². The summed E-state index contributed by atoms with van der Waals surface area (Å²) in [5, 5.41) is 12.0. The predicted octanol–water partition coefficient (Wildman–Crippen LogP) is 5.73. The topological polar surface area (TPSA) is 182 Å². The molecule has 2 atom stereocenters. The van der Waals surface area contributed by atoms with Crippen LogP contribution in [-0.2, 0) is 35.1 Å². The number of hydrogen-bond donors (Lipinski definition) is 4. The van der Waals surface area contributed by atoms with Crippen molar-refractivity contribution in [2.45, 2.75) is 83.8 Å². The van der Waals surface area contributed by atoms with E-state index in [1.807, 2.05) is 44.2 Å². The van der Waals surface area contributed by atoms with Gasteiger partial charge in [0.2, 0.25) is 5.91 Å². The number of hydrogen-bond acceptors (Lipinski definition) is 12. The number of fused-ring (bicyclic) bond motifs is 1. The van der Waals surface area contributed by atoms with E-state index in [0.29, 0.717) is 42.6 Å². The lowest BCUT2D eigenvalue weighted by Crippen LogP contribution is -2.47. The van der Waals surface area contributed by atoms with Crippen LogP contribution in [0.25, 0.3) is 0 Å². The Bertz CT molecular complexity index is 2090. The van der Waals surface area contributed by atoms with Gasteiger partial charge in [0.1, 0.15) is 36.4 Å². The Balaban J connectivity index is 1.04. The highest BCUT2D eigenvalue weighted by molar-refractivity contribution is 6.25. The molecule has 65 heavy (non-hydrogen) atoms. The number of unbranched alkanes of at least 4 members (excludes halogenated alkanes) is 3. The van der Waals surface area contributed by atoms with Crippen LogP contribution in [0.5, 0.6) is 0 Å². The summed E-state index contributed by atoms with van der Waals surface area (Å²) in [5.41, 5.74) is 5.81. The van der Waals surface area contributed by atoms with Gasteiger partial charge in [-0.1, -0.05) is 31.9 Å². The molecule has 0 bridgehead atoms. The summed E-state index contributed by atoms with van der Waals surface area (Å²) in [7, 11) is 3.23. The molecule has 3 aliphatic rings. The fraction of sp³-hybridized carbons (Fsp3) is 0.490. The van der Waals surface area contributed by atoms with E-state index in [9.17, 15) is 19.2 Å². The molecule has 2 aliphatic heterocycles. The number of aromatic nitrogens is 1. The highest BCUT2D eigenvalue weighted by atomic mass is 16.5. The molecule has 2 aromatic rings. The predicted molar refractivity (Wildman–Crippen MR) is 258 cm³/mol. The first kappa shape index (κ1) is 49.9. The normalized spacial score (nSPS) is 17.4. The van der Waals surface area contributed by atoms with Crippen molar-refractivity contribution in [3.63, 3.8) is 0 Å². The van der Waals surface area contributed by atoms with Crippen LogP contribution >= 0.6 is 0 Å². The molecule has 5 rings (SSSR count). The van der Waals surface area contributed by atoms with E-state index >= 15 is 0 Å². The Morgan fingerprint density at radius 2 is 1.83 bits per heavy atom. The number of aryl methyl sites for hydroxylation is 1. The summed E-state index contributed by atoms with van der Waals surface area (Å²) < 4.78 is 11.9. The Labute approximate surface area is 384 Å². The molecule has 1 aromatic heterocycles. The molecule has 0 saturated carbocycles. The van der Waals surface area contributed by atoms with Crippen molar-refractivity contribution in [1.82, 2.24) is 25.4 Å². The molecule has 2 unspecified atom stereocenters. The number of benzene rings is 1. The zero-order valence-corrected chi connectivity index (χ0v) is 38.7. The van der Waals surface area contributed by atoms with Gasteiger partial charge in [0.25, 0.3) is 11.8 Å². The molecular weight excluding hydrogens is 825 g/mol. The van der Waals surface area contributed by atoms with Crippen molar-refractivity contribution in [3.8, 4) is 0 Å². The maximum atomic E-state index is 13.3. The van der Waals surface area contributed by atoms with Crippen molar-refractivity contribution in [1.29, 1.82) is 0 Å². The van der Waals surface area contributed by atoms with Crippen LogP contribution in [0.3, 0.4) is 0 Å². The molecular formula is C49H68N10O6. The number of anilines is 3. The van der Waals surface area contributed by atoms with Crippen LogP contribution in [0.4, 0.5) is 17.2 Å². The summed E-state index contributed by atoms with van der Waals surface area (Å²) in [6, 6.07) is 11.5. The van der Waals surface area contributed by atoms with E-state index in [2.05, 4.69) is 61.5 Å². The molecule has 0 spiro atoms. The van der Waals surface area contributed by atoms with Crippen molar-refractivity contribution >= 4 is 53.8 Å². The monoisotopic (exact) mass is 893 g/mol. The van der Waals surface area contributed by atoms with Crippen LogP contribution in [0.15, 0.2) is 93.8 Å². The lowest BCUT2D eigenvalue weighted by atomic mass is 10.1. The molecule has 16 heteroatoms. The molecule has 3 amide bonds. The smallest absolute Gasteiger partial charge is 0.256 e. The maximum Gasteiger partial charge on any atom is 0.256 e. The number of piperazine rings is 1. The largest absolute Gasteiger partial charge is 0.494 e. The first-order chi connectivity index (χ1) is 31.7. The number of ether oxygens (including phenoxy) is 2. The molecule has 1 fully saturated rings. The molecule has 1 aliphatic carbocycles. The number of allylic oxidation sites excluding steroid dienone is 1. The van der Waals surface area contributed by atoms with Crippen molar-refractivity contribution in [3.05, 3.63) is 95.1 Å². The molecule has 4 N–H and O–H groups in total. The number of aldehydes is 1. The Morgan fingerprint density at radius 1 is 1.06 bits per heavy atom. The number of amides is 3. The van der Waals surface area contributed by atoms with Crippen LogP contribution in [0.1, 0.15) is 82.6 Å². The van der Waals surface area contributed by atoms with Crippen LogP contribution < -0.4 is 26.2 Å². The van der Waals surface area contributed by atoms with E-state index in [1.54, 1.807) is 25.1 Å². The summed E-state index contributed by atoms with van der Waals surface area (Å²) in [6.07, 6.45) is 12.6. The number of likely N-dealkylation sites (N-methyl/N-ethyl adjacent to an activating group) is 1. The first-order valence-electron chi connectivity index (χ1n) is 22.9. The number of rotatable bonds is 26. The highest BCUT2D eigenvalue weighted by Crippen LogP contribution is 2.33. The third kappa shape index (κ3) is 13.7. The molecule has 350 valence electrons. The standard InChI is InChI=1S/C49H68N10O6/c1-7-24-52-47(61)39(32-50-4)46(56-44-23-17-35-16-22-43(64-6)45(35)55-44)54-34-53-36-18-20-37(21-19-36)58-28-26-57(27-29-58)25-12-10-11-13-31-65-42(9-3)40-33-59(49(63)38(40)8-2)41(15-14-30-60)48(62)51-5/h7,9,17-21,23,30,32,41,43,53H,1,4,8,10-16,22,24-29,31,33-34H2,2-3,5-6H3,(H,51,62)(H,52,61)(H,54,55,56)/b39-32+,42-9+. The van der Waals surface area contributed by atoms with Crippen molar-refractivity contribution < 1.29 is 28.7 Å². The Morgan fingerprint density at radius 3 is 2.51 bits per heavy atom. The van der Waals surface area contributed by atoms with Gasteiger partial charge in [0.15, 0.2) is 0 Å². The van der Waals surface area contributed by atoms with Gasteiger partial charge in [-0.15, -0.1) is 6.58 Å². The second kappa shape index (κ2) is 26.0. The minimum Gasteiger partial charge on any atom is -0.494 e. The molecule has 1 aromatic carbocycles. The number of nitrogens with zero attached hydrogens (tertiary/aromatic N) is 6. The minimum atomic E-state index is -0.696. The third-order valence-electron chi connectivity index (χ3n) is 12.0. The van der Waals surface area contributed by atoms with Gasteiger partial charge in [-0.05, 0) is 101 Å². The third-order valence-corrected chi connectivity index (χ3v) is 12.0. The number of nitrogens with one attached hydrogen (secondary N) is 4. The first-order valence-corrected chi connectivity index (χ1v) is 22.9.